The zero-order valence-electron chi connectivity index (χ0n) is 12.0. The first kappa shape index (κ1) is 15.6. The third-order valence-corrected chi connectivity index (χ3v) is 3.07. The van der Waals surface area contributed by atoms with Crippen LogP contribution in [0, 0.1) is 0 Å². The molecule has 1 aromatic heterocycles. The van der Waals surface area contributed by atoms with E-state index in [4.69, 9.17) is 0 Å². The number of nitrogens with one attached hydrogen (secondary N) is 2. The maximum absolute atomic E-state index is 11.7. The zero-order chi connectivity index (χ0) is 13.9. The molecule has 4 nitrogen and oxygen atoms in total. The molecule has 0 aliphatic rings. The average molecular weight is 263 g/mol. The van der Waals surface area contributed by atoms with Gasteiger partial charge in [0, 0.05) is 12.2 Å². The van der Waals surface area contributed by atoms with Gasteiger partial charge in [-0.1, -0.05) is 45.1 Å². The molecule has 0 aliphatic heterocycles. The molecule has 0 radical (unpaired) electrons. The summed E-state index contributed by atoms with van der Waals surface area (Å²) in [5.41, 5.74) is 6.17. The molecule has 4 heteroatoms. The topological polar surface area (TPSA) is 54.0 Å². The van der Waals surface area contributed by atoms with Gasteiger partial charge in [-0.2, -0.15) is 0 Å². The van der Waals surface area contributed by atoms with Gasteiger partial charge in [-0.25, -0.2) is 5.43 Å². The lowest BCUT2D eigenvalue weighted by molar-refractivity contribution is 0.0920. The number of hydrazine groups is 1. The summed E-state index contributed by atoms with van der Waals surface area (Å²) in [4.78, 5) is 15.7. The van der Waals surface area contributed by atoms with Gasteiger partial charge in [-0.15, -0.1) is 0 Å². The van der Waals surface area contributed by atoms with E-state index in [2.05, 4.69) is 29.7 Å². The Morgan fingerprint density at radius 3 is 2.74 bits per heavy atom. The number of pyridine rings is 1. The fraction of sp³-hybridized carbons (Fsp3) is 0.600. The second kappa shape index (κ2) is 9.50. The van der Waals surface area contributed by atoms with Gasteiger partial charge < -0.3 is 0 Å². The summed E-state index contributed by atoms with van der Waals surface area (Å²) in [5, 5.41) is 0. The van der Waals surface area contributed by atoms with E-state index in [0.717, 1.165) is 6.42 Å². The quantitative estimate of drug-likeness (QED) is 0.532. The molecule has 0 saturated heterocycles. The molecule has 0 spiro atoms. The first-order valence-corrected chi connectivity index (χ1v) is 7.21. The molecule has 1 heterocycles. The lowest BCUT2D eigenvalue weighted by Crippen LogP contribution is -2.43. The predicted octanol–water partition coefficient (Wildman–Crippen LogP) is 3.07. The van der Waals surface area contributed by atoms with Crippen molar-refractivity contribution in [3.05, 3.63) is 30.1 Å². The van der Waals surface area contributed by atoms with Gasteiger partial charge in [0.05, 0.1) is 0 Å². The predicted molar refractivity (Wildman–Crippen MR) is 77.7 cm³/mol. The summed E-state index contributed by atoms with van der Waals surface area (Å²) in [7, 11) is 0. The van der Waals surface area contributed by atoms with E-state index in [1.165, 1.54) is 32.1 Å². The van der Waals surface area contributed by atoms with E-state index in [9.17, 15) is 4.79 Å². The minimum absolute atomic E-state index is 0.182. The second-order valence-electron chi connectivity index (χ2n) is 4.92. The van der Waals surface area contributed by atoms with Crippen molar-refractivity contribution < 1.29 is 4.79 Å². The van der Waals surface area contributed by atoms with E-state index in [0.29, 0.717) is 5.69 Å². The molecule has 0 aromatic carbocycles. The van der Waals surface area contributed by atoms with Crippen LogP contribution in [0.5, 0.6) is 0 Å². The fourth-order valence-corrected chi connectivity index (χ4v) is 1.88. The fourth-order valence-electron chi connectivity index (χ4n) is 1.88. The van der Waals surface area contributed by atoms with Crippen molar-refractivity contribution in [2.45, 2.75) is 58.4 Å². The minimum Gasteiger partial charge on any atom is -0.286 e. The Morgan fingerprint density at radius 1 is 1.26 bits per heavy atom. The number of carbonyl (C=O) groups is 1. The molecule has 0 fully saturated rings. The molecule has 19 heavy (non-hydrogen) atoms. The third kappa shape index (κ3) is 6.91. The van der Waals surface area contributed by atoms with Crippen LogP contribution in [-0.4, -0.2) is 16.9 Å². The number of carbonyl (C=O) groups excluding carboxylic acids is 1. The molecule has 1 atom stereocenters. The number of hydrogen-bond acceptors (Lipinski definition) is 3. The number of rotatable bonds is 9. The summed E-state index contributed by atoms with van der Waals surface area (Å²) in [6.07, 6.45) is 9.07. The van der Waals surface area contributed by atoms with Crippen molar-refractivity contribution in [1.82, 2.24) is 15.8 Å². The third-order valence-electron chi connectivity index (χ3n) is 3.07. The maximum atomic E-state index is 11.7. The molecule has 2 N–H and O–H groups in total. The highest BCUT2D eigenvalue weighted by Gasteiger charge is 2.07. The van der Waals surface area contributed by atoms with Crippen LogP contribution < -0.4 is 10.9 Å². The van der Waals surface area contributed by atoms with Crippen LogP contribution in [-0.2, 0) is 0 Å². The Hall–Kier alpha value is -1.42. The first-order valence-electron chi connectivity index (χ1n) is 7.21. The molecule has 1 amide bonds. The van der Waals surface area contributed by atoms with Gasteiger partial charge in [-0.3, -0.25) is 15.2 Å². The second-order valence-corrected chi connectivity index (χ2v) is 4.92. The Balaban J connectivity index is 2.13. The molecule has 1 aromatic rings. The van der Waals surface area contributed by atoms with Gasteiger partial charge in [0.2, 0.25) is 0 Å². The number of amides is 1. The molecular formula is C15H25N3O. The van der Waals surface area contributed by atoms with Crippen LogP contribution in [0.4, 0.5) is 0 Å². The molecular weight excluding hydrogens is 238 g/mol. The van der Waals surface area contributed by atoms with Crippen LogP contribution >= 0.6 is 0 Å². The van der Waals surface area contributed by atoms with Gasteiger partial charge in [0.25, 0.3) is 5.91 Å². The Kier molecular flexibility index (Phi) is 7.82. The highest BCUT2D eigenvalue weighted by Crippen LogP contribution is 2.06. The van der Waals surface area contributed by atoms with E-state index >= 15 is 0 Å². The zero-order valence-corrected chi connectivity index (χ0v) is 12.0. The van der Waals surface area contributed by atoms with Gasteiger partial charge in [0.1, 0.15) is 5.69 Å². The van der Waals surface area contributed by atoms with E-state index in [1.807, 2.05) is 0 Å². The Labute approximate surface area is 116 Å². The summed E-state index contributed by atoms with van der Waals surface area (Å²) < 4.78 is 0. The summed E-state index contributed by atoms with van der Waals surface area (Å²) in [6, 6.07) is 5.59. The van der Waals surface area contributed by atoms with E-state index < -0.39 is 0 Å². The lowest BCUT2D eigenvalue weighted by atomic mass is 10.1. The van der Waals surface area contributed by atoms with E-state index in [-0.39, 0.29) is 11.9 Å². The van der Waals surface area contributed by atoms with Crippen molar-refractivity contribution in [2.75, 3.05) is 0 Å². The summed E-state index contributed by atoms with van der Waals surface area (Å²) >= 11 is 0. The SMILES string of the molecule is CCCCCCCC(C)NNC(=O)c1ccccn1. The lowest BCUT2D eigenvalue weighted by Gasteiger charge is -2.14. The minimum atomic E-state index is -0.182. The van der Waals surface area contributed by atoms with Crippen LogP contribution in [0.2, 0.25) is 0 Å². The normalized spacial score (nSPS) is 12.1. The number of hydrogen-bond donors (Lipinski definition) is 2. The van der Waals surface area contributed by atoms with Gasteiger partial charge >= 0.3 is 0 Å². The van der Waals surface area contributed by atoms with Crippen molar-refractivity contribution in [2.24, 2.45) is 0 Å². The Morgan fingerprint density at radius 2 is 2.05 bits per heavy atom. The van der Waals surface area contributed by atoms with Crippen molar-refractivity contribution in [1.29, 1.82) is 0 Å². The van der Waals surface area contributed by atoms with Crippen LogP contribution in [0.3, 0.4) is 0 Å². The van der Waals surface area contributed by atoms with Crippen LogP contribution in [0.15, 0.2) is 24.4 Å². The van der Waals surface area contributed by atoms with Crippen molar-refractivity contribution >= 4 is 5.91 Å². The number of unbranched alkanes of at least 4 members (excludes halogenated alkanes) is 4. The monoisotopic (exact) mass is 263 g/mol. The van der Waals surface area contributed by atoms with Gasteiger partial charge in [-0.05, 0) is 25.5 Å². The molecule has 1 rings (SSSR count). The van der Waals surface area contributed by atoms with E-state index in [1.54, 1.807) is 24.4 Å². The number of nitrogens with zero attached hydrogens (tertiary/aromatic N) is 1. The van der Waals surface area contributed by atoms with Crippen molar-refractivity contribution in [3.8, 4) is 0 Å². The van der Waals surface area contributed by atoms with Gasteiger partial charge in [0.15, 0.2) is 0 Å². The maximum Gasteiger partial charge on any atom is 0.283 e. The number of aromatic nitrogens is 1. The summed E-state index contributed by atoms with van der Waals surface area (Å²) in [5.74, 6) is -0.182. The first-order chi connectivity index (χ1) is 9.24. The summed E-state index contributed by atoms with van der Waals surface area (Å²) in [6.45, 7) is 4.30. The highest BCUT2D eigenvalue weighted by molar-refractivity contribution is 5.91. The molecule has 1 unspecified atom stereocenters. The standard InChI is InChI=1S/C15H25N3O/c1-3-4-5-6-7-10-13(2)17-18-15(19)14-11-8-9-12-16-14/h8-9,11-13,17H,3-7,10H2,1-2H3,(H,18,19). The molecule has 0 bridgehead atoms. The van der Waals surface area contributed by atoms with Crippen LogP contribution in [0.1, 0.15) is 62.9 Å². The van der Waals surface area contributed by atoms with Crippen LogP contribution in [0.25, 0.3) is 0 Å². The van der Waals surface area contributed by atoms with Crippen molar-refractivity contribution in [3.63, 3.8) is 0 Å². The molecule has 0 aliphatic carbocycles. The molecule has 106 valence electrons. The molecule has 0 saturated carbocycles. The Bertz CT molecular complexity index is 354. The average Bonchev–Trinajstić information content (AvgIpc) is 2.45. The highest BCUT2D eigenvalue weighted by atomic mass is 16.2. The smallest absolute Gasteiger partial charge is 0.283 e. The largest absolute Gasteiger partial charge is 0.286 e.